The van der Waals surface area contributed by atoms with Crippen LogP contribution in [0.3, 0.4) is 0 Å². The molecule has 1 aromatic heterocycles. The molecule has 23 heavy (non-hydrogen) atoms. The summed E-state index contributed by atoms with van der Waals surface area (Å²) < 4.78 is 15.3. The van der Waals surface area contributed by atoms with Gasteiger partial charge in [-0.25, -0.2) is 4.98 Å². The average Bonchev–Trinajstić information content (AvgIpc) is 2.99. The molecule has 0 aliphatic rings. The summed E-state index contributed by atoms with van der Waals surface area (Å²) in [6, 6.07) is 7.29. The van der Waals surface area contributed by atoms with Crippen LogP contribution in [0.2, 0.25) is 0 Å². The van der Waals surface area contributed by atoms with Crippen LogP contribution < -0.4 is 0 Å². The molecule has 0 saturated carbocycles. The molecular formula is C16H19NO5S. The van der Waals surface area contributed by atoms with E-state index in [1.165, 1.54) is 7.11 Å². The van der Waals surface area contributed by atoms with Gasteiger partial charge in [0.25, 0.3) is 5.22 Å². The van der Waals surface area contributed by atoms with E-state index in [1.807, 2.05) is 25.1 Å². The molecule has 0 saturated heterocycles. The molecule has 0 aliphatic heterocycles. The molecule has 0 aliphatic carbocycles. The molecule has 0 N–H and O–H groups in total. The molecular weight excluding hydrogens is 318 g/mol. The van der Waals surface area contributed by atoms with Gasteiger partial charge in [0.2, 0.25) is 0 Å². The van der Waals surface area contributed by atoms with Gasteiger partial charge in [-0.05, 0) is 18.6 Å². The molecule has 1 atom stereocenters. The van der Waals surface area contributed by atoms with Crippen LogP contribution in [0.25, 0.3) is 11.1 Å². The Balaban J connectivity index is 1.95. The largest absolute Gasteiger partial charge is 0.469 e. The highest BCUT2D eigenvalue weighted by Gasteiger charge is 2.24. The van der Waals surface area contributed by atoms with Crippen LogP contribution in [0.4, 0.5) is 0 Å². The molecule has 0 radical (unpaired) electrons. The van der Waals surface area contributed by atoms with Crippen LogP contribution in [0.1, 0.15) is 32.6 Å². The van der Waals surface area contributed by atoms with Gasteiger partial charge in [0.1, 0.15) is 5.52 Å². The molecule has 2 rings (SSSR count). The first-order chi connectivity index (χ1) is 11.1. The highest BCUT2D eigenvalue weighted by Crippen LogP contribution is 2.26. The van der Waals surface area contributed by atoms with Gasteiger partial charge in [0, 0.05) is 0 Å². The van der Waals surface area contributed by atoms with Gasteiger partial charge in [-0.3, -0.25) is 9.59 Å². The van der Waals surface area contributed by atoms with Gasteiger partial charge < -0.3 is 13.3 Å². The van der Waals surface area contributed by atoms with Crippen molar-refractivity contribution in [2.24, 2.45) is 5.92 Å². The SMILES string of the molecule is CCCCC(CC(=O)OC)C(=O)OSc1nc2ccccc2o1. The fraction of sp³-hybridized carbons (Fsp3) is 0.438. The molecule has 0 bridgehead atoms. The van der Waals surface area contributed by atoms with E-state index in [9.17, 15) is 9.59 Å². The van der Waals surface area contributed by atoms with Crippen LogP contribution >= 0.6 is 12.0 Å². The van der Waals surface area contributed by atoms with Crippen molar-refractivity contribution in [3.63, 3.8) is 0 Å². The average molecular weight is 337 g/mol. The fourth-order valence-electron chi connectivity index (χ4n) is 2.07. The Morgan fingerprint density at radius 1 is 1.35 bits per heavy atom. The first kappa shape index (κ1) is 17.3. The number of nitrogens with zero attached hydrogens (tertiary/aromatic N) is 1. The Labute approximate surface area is 138 Å². The van der Waals surface area contributed by atoms with Crippen molar-refractivity contribution in [3.05, 3.63) is 24.3 Å². The van der Waals surface area contributed by atoms with Crippen molar-refractivity contribution in [1.82, 2.24) is 4.98 Å². The first-order valence-electron chi connectivity index (χ1n) is 7.44. The molecule has 0 fully saturated rings. The third-order valence-electron chi connectivity index (χ3n) is 3.35. The number of unbranched alkanes of at least 4 members (excludes halogenated alkanes) is 1. The quantitative estimate of drug-likeness (QED) is 0.536. The van der Waals surface area contributed by atoms with E-state index >= 15 is 0 Å². The molecule has 1 aromatic carbocycles. The molecule has 124 valence electrons. The zero-order valence-electron chi connectivity index (χ0n) is 13.1. The van der Waals surface area contributed by atoms with Crippen molar-refractivity contribution in [1.29, 1.82) is 0 Å². The second-order valence-corrected chi connectivity index (χ2v) is 5.74. The van der Waals surface area contributed by atoms with Crippen molar-refractivity contribution < 1.29 is 22.9 Å². The van der Waals surface area contributed by atoms with E-state index in [-0.39, 0.29) is 11.6 Å². The number of ether oxygens (including phenoxy) is 1. The van der Waals surface area contributed by atoms with Gasteiger partial charge in [0.05, 0.1) is 19.4 Å². The summed E-state index contributed by atoms with van der Waals surface area (Å²) in [5.41, 5.74) is 1.33. The lowest BCUT2D eigenvalue weighted by Gasteiger charge is -2.12. The third kappa shape index (κ3) is 4.99. The Bertz CT molecular complexity index is 636. The number of hydrogen-bond donors (Lipinski definition) is 0. The number of para-hydroxylation sites is 2. The molecule has 0 amide bonds. The number of carbonyl (C=O) groups is 2. The minimum Gasteiger partial charge on any atom is -0.469 e. The molecule has 6 nitrogen and oxygen atoms in total. The minimum absolute atomic E-state index is 0.0173. The predicted molar refractivity (Wildman–Crippen MR) is 85.6 cm³/mol. The number of rotatable bonds is 8. The van der Waals surface area contributed by atoms with E-state index in [4.69, 9.17) is 8.60 Å². The molecule has 2 aromatic rings. The Morgan fingerprint density at radius 2 is 2.13 bits per heavy atom. The van der Waals surface area contributed by atoms with E-state index in [0.29, 0.717) is 17.5 Å². The van der Waals surface area contributed by atoms with Crippen molar-refractivity contribution in [2.45, 2.75) is 37.8 Å². The number of aromatic nitrogens is 1. The van der Waals surface area contributed by atoms with Crippen LogP contribution in [0.15, 0.2) is 33.9 Å². The second-order valence-electron chi connectivity index (χ2n) is 5.05. The number of benzene rings is 1. The van der Waals surface area contributed by atoms with E-state index in [2.05, 4.69) is 9.72 Å². The predicted octanol–water partition coefficient (Wildman–Crippen LogP) is 3.75. The van der Waals surface area contributed by atoms with Gasteiger partial charge >= 0.3 is 11.9 Å². The summed E-state index contributed by atoms with van der Waals surface area (Å²) >= 11 is 0.771. The van der Waals surface area contributed by atoms with Gasteiger partial charge in [-0.15, -0.1) is 0 Å². The summed E-state index contributed by atoms with van der Waals surface area (Å²) in [6.07, 6.45) is 2.37. The number of oxazole rings is 1. The summed E-state index contributed by atoms with van der Waals surface area (Å²) in [6.45, 7) is 2.02. The fourth-order valence-corrected chi connectivity index (χ4v) is 2.62. The first-order valence-corrected chi connectivity index (χ1v) is 8.19. The normalized spacial score (nSPS) is 12.1. The molecule has 1 heterocycles. The number of hydrogen-bond acceptors (Lipinski definition) is 7. The summed E-state index contributed by atoms with van der Waals surface area (Å²) in [5, 5.41) is 0.256. The highest BCUT2D eigenvalue weighted by molar-refractivity contribution is 7.94. The topological polar surface area (TPSA) is 78.6 Å². The van der Waals surface area contributed by atoms with Crippen molar-refractivity contribution >= 4 is 35.1 Å². The maximum atomic E-state index is 12.2. The maximum absolute atomic E-state index is 12.2. The van der Waals surface area contributed by atoms with Gasteiger partial charge in [-0.2, -0.15) is 0 Å². The smallest absolute Gasteiger partial charge is 0.322 e. The number of carbonyl (C=O) groups excluding carboxylic acids is 2. The van der Waals surface area contributed by atoms with Crippen LogP contribution in [0.5, 0.6) is 0 Å². The van der Waals surface area contributed by atoms with E-state index in [1.54, 1.807) is 6.07 Å². The lowest BCUT2D eigenvalue weighted by Crippen LogP contribution is -2.20. The lowest BCUT2D eigenvalue weighted by atomic mass is 9.99. The molecule has 0 spiro atoms. The Hall–Kier alpha value is -2.02. The molecule has 7 heteroatoms. The summed E-state index contributed by atoms with van der Waals surface area (Å²) in [7, 11) is 1.30. The van der Waals surface area contributed by atoms with Gasteiger partial charge in [-0.1, -0.05) is 31.9 Å². The maximum Gasteiger partial charge on any atom is 0.322 e. The third-order valence-corrected chi connectivity index (χ3v) is 3.91. The van der Waals surface area contributed by atoms with Gasteiger partial charge in [0.15, 0.2) is 17.6 Å². The summed E-state index contributed by atoms with van der Waals surface area (Å²) in [5.74, 6) is -1.40. The minimum atomic E-state index is -0.515. The van der Waals surface area contributed by atoms with Crippen LogP contribution in [-0.4, -0.2) is 24.0 Å². The molecule has 1 unspecified atom stereocenters. The summed E-state index contributed by atoms with van der Waals surface area (Å²) in [4.78, 5) is 27.8. The van der Waals surface area contributed by atoms with E-state index < -0.39 is 17.9 Å². The Morgan fingerprint density at radius 3 is 2.83 bits per heavy atom. The zero-order valence-corrected chi connectivity index (χ0v) is 13.9. The highest BCUT2D eigenvalue weighted by atomic mass is 32.2. The van der Waals surface area contributed by atoms with Crippen molar-refractivity contribution in [2.75, 3.05) is 7.11 Å². The number of fused-ring (bicyclic) bond motifs is 1. The Kier molecular flexibility index (Phi) is 6.46. The lowest BCUT2D eigenvalue weighted by molar-refractivity contribution is -0.148. The van der Waals surface area contributed by atoms with Crippen LogP contribution in [-0.2, 0) is 18.5 Å². The van der Waals surface area contributed by atoms with Crippen LogP contribution in [0, 0.1) is 5.92 Å². The number of methoxy groups -OCH3 is 1. The number of esters is 1. The second kappa shape index (κ2) is 8.57. The standard InChI is InChI=1S/C16H19NO5S/c1-3-4-7-11(10-14(18)20-2)15(19)22-23-16-17-12-8-5-6-9-13(12)21-16/h5-6,8-9,11H,3-4,7,10H2,1-2H3. The monoisotopic (exact) mass is 337 g/mol. The van der Waals surface area contributed by atoms with Crippen molar-refractivity contribution in [3.8, 4) is 0 Å². The zero-order chi connectivity index (χ0) is 16.7. The van der Waals surface area contributed by atoms with E-state index in [0.717, 1.165) is 24.9 Å².